The van der Waals surface area contributed by atoms with Crippen molar-refractivity contribution in [3.63, 3.8) is 0 Å². The van der Waals surface area contributed by atoms with Crippen LogP contribution in [0.25, 0.3) is 0 Å². The fourth-order valence-electron chi connectivity index (χ4n) is 1.99. The summed E-state index contributed by atoms with van der Waals surface area (Å²) in [5.41, 5.74) is 3.78. The molecule has 1 aliphatic carbocycles. The molecule has 2 rings (SSSR count). The predicted molar refractivity (Wildman–Crippen MR) is 35.3 cm³/mol. The lowest BCUT2D eigenvalue weighted by Gasteiger charge is -2.11. The van der Waals surface area contributed by atoms with Crippen LogP contribution in [0.5, 0.6) is 0 Å². The highest BCUT2D eigenvalue weighted by Gasteiger charge is 2.50. The maximum Gasteiger partial charge on any atom is 0.306 e. The van der Waals surface area contributed by atoms with Crippen LogP contribution in [0, 0.1) is 5.92 Å². The minimum atomic E-state index is -0.536. The number of quaternary nitrogens is 1. The standard InChI is InChI=1S/C7H11NO3.ClH/c8-4-1-3-2-5(9)11-7(3)6(4)10;/h3-4,6-7,10H,1-2,8H2;1H/t3-,4+,6+,7+;/m0./s1. The average molecular weight is 194 g/mol. The van der Waals surface area contributed by atoms with Gasteiger partial charge in [-0.1, -0.05) is 0 Å². The van der Waals surface area contributed by atoms with Gasteiger partial charge >= 0.3 is 5.97 Å². The van der Waals surface area contributed by atoms with E-state index in [1.807, 2.05) is 0 Å². The lowest BCUT2D eigenvalue weighted by molar-refractivity contribution is -0.434. The van der Waals surface area contributed by atoms with E-state index in [-0.39, 0.29) is 36.4 Å². The first-order valence-electron chi connectivity index (χ1n) is 3.89. The summed E-state index contributed by atoms with van der Waals surface area (Å²) in [5.74, 6) is 0.0472. The fraction of sp³-hybridized carbons (Fsp3) is 0.857. The zero-order valence-electron chi connectivity index (χ0n) is 6.57. The summed E-state index contributed by atoms with van der Waals surface area (Å²) < 4.78 is 4.94. The molecule has 2 fully saturated rings. The third-order valence-corrected chi connectivity index (χ3v) is 2.59. The van der Waals surface area contributed by atoms with E-state index in [0.717, 1.165) is 6.42 Å². The maximum absolute atomic E-state index is 10.8. The van der Waals surface area contributed by atoms with Crippen molar-refractivity contribution >= 4 is 5.97 Å². The lowest BCUT2D eigenvalue weighted by Crippen LogP contribution is -3.00. The van der Waals surface area contributed by atoms with Crippen LogP contribution in [-0.2, 0) is 9.53 Å². The van der Waals surface area contributed by atoms with Crippen LogP contribution in [0.4, 0.5) is 0 Å². The molecule has 70 valence electrons. The van der Waals surface area contributed by atoms with Crippen LogP contribution in [0.1, 0.15) is 12.8 Å². The number of ether oxygens (including phenoxy) is 1. The van der Waals surface area contributed by atoms with Gasteiger partial charge in [-0.2, -0.15) is 0 Å². The van der Waals surface area contributed by atoms with Crippen LogP contribution >= 0.6 is 0 Å². The minimum absolute atomic E-state index is 0. The second kappa shape index (κ2) is 3.20. The molecule has 0 bridgehead atoms. The Morgan fingerprint density at radius 1 is 1.58 bits per heavy atom. The number of carbonyl (C=O) groups is 1. The number of fused-ring (bicyclic) bond motifs is 1. The van der Waals surface area contributed by atoms with Gasteiger partial charge in [0.05, 0.1) is 6.42 Å². The molecule has 0 spiro atoms. The Kier molecular flexibility index (Phi) is 2.61. The Morgan fingerprint density at radius 3 is 2.83 bits per heavy atom. The van der Waals surface area contributed by atoms with Gasteiger partial charge in [0.2, 0.25) is 0 Å². The van der Waals surface area contributed by atoms with E-state index >= 15 is 0 Å². The predicted octanol–water partition coefficient (Wildman–Crippen LogP) is -4.70. The quantitative estimate of drug-likeness (QED) is 0.380. The first kappa shape index (κ1) is 9.77. The molecule has 4 atom stereocenters. The van der Waals surface area contributed by atoms with Crippen LogP contribution in [0.3, 0.4) is 0 Å². The van der Waals surface area contributed by atoms with Gasteiger partial charge in [-0.05, 0) is 0 Å². The molecule has 0 aromatic carbocycles. The van der Waals surface area contributed by atoms with Crippen molar-refractivity contribution in [3.8, 4) is 0 Å². The van der Waals surface area contributed by atoms with E-state index in [4.69, 9.17) is 4.74 Å². The normalized spacial score (nSPS) is 45.0. The van der Waals surface area contributed by atoms with Gasteiger partial charge in [0.25, 0.3) is 0 Å². The molecule has 4 N–H and O–H groups in total. The van der Waals surface area contributed by atoms with Crippen molar-refractivity contribution in [2.24, 2.45) is 5.92 Å². The molecule has 12 heavy (non-hydrogen) atoms. The van der Waals surface area contributed by atoms with Gasteiger partial charge in [-0.3, -0.25) is 4.79 Å². The summed E-state index contributed by atoms with van der Waals surface area (Å²) >= 11 is 0. The van der Waals surface area contributed by atoms with Gasteiger partial charge in [-0.15, -0.1) is 0 Å². The molecule has 2 aliphatic rings. The Balaban J connectivity index is 0.000000720. The largest absolute Gasteiger partial charge is 1.00 e. The zero-order chi connectivity index (χ0) is 8.01. The van der Waals surface area contributed by atoms with E-state index in [1.165, 1.54) is 0 Å². The molecule has 0 radical (unpaired) electrons. The minimum Gasteiger partial charge on any atom is -1.00 e. The summed E-state index contributed by atoms with van der Waals surface area (Å²) in [7, 11) is 0. The average Bonchev–Trinajstić information content (AvgIpc) is 2.37. The Morgan fingerprint density at radius 2 is 2.25 bits per heavy atom. The molecule has 0 aromatic rings. The van der Waals surface area contributed by atoms with Crippen LogP contribution in [0.2, 0.25) is 0 Å². The maximum atomic E-state index is 10.8. The Hall–Kier alpha value is -0.320. The Labute approximate surface area is 76.5 Å². The molecule has 0 unspecified atom stereocenters. The summed E-state index contributed by atoms with van der Waals surface area (Å²) in [5, 5.41) is 9.45. The molecule has 4 nitrogen and oxygen atoms in total. The van der Waals surface area contributed by atoms with Gasteiger partial charge in [0.1, 0.15) is 18.2 Å². The molecule has 5 heteroatoms. The molecule has 0 aromatic heterocycles. The van der Waals surface area contributed by atoms with Gasteiger partial charge < -0.3 is 28.0 Å². The van der Waals surface area contributed by atoms with E-state index < -0.39 is 6.10 Å². The number of hydrogen-bond acceptors (Lipinski definition) is 3. The lowest BCUT2D eigenvalue weighted by atomic mass is 10.0. The first-order chi connectivity index (χ1) is 5.18. The third-order valence-electron chi connectivity index (χ3n) is 2.59. The molecular weight excluding hydrogens is 182 g/mol. The number of aliphatic hydroxyl groups is 1. The van der Waals surface area contributed by atoms with E-state index in [0.29, 0.717) is 6.42 Å². The van der Waals surface area contributed by atoms with Crippen molar-refractivity contribution < 1.29 is 32.8 Å². The first-order valence-corrected chi connectivity index (χ1v) is 3.89. The smallest absolute Gasteiger partial charge is 0.306 e. The molecule has 1 saturated heterocycles. The summed E-state index contributed by atoms with van der Waals surface area (Å²) in [6.45, 7) is 0. The summed E-state index contributed by atoms with van der Waals surface area (Å²) in [4.78, 5) is 10.8. The number of carbonyl (C=O) groups excluding carboxylic acids is 1. The second-order valence-electron chi connectivity index (χ2n) is 3.41. The van der Waals surface area contributed by atoms with Crippen molar-refractivity contribution in [3.05, 3.63) is 0 Å². The van der Waals surface area contributed by atoms with E-state index in [1.54, 1.807) is 0 Å². The monoisotopic (exact) mass is 193 g/mol. The highest BCUT2D eigenvalue weighted by molar-refractivity contribution is 5.72. The highest BCUT2D eigenvalue weighted by Crippen LogP contribution is 2.35. The number of esters is 1. The van der Waals surface area contributed by atoms with Gasteiger partial charge in [0.15, 0.2) is 0 Å². The summed E-state index contributed by atoms with van der Waals surface area (Å²) in [6, 6.07) is 0.0399. The molecule has 1 aliphatic heterocycles. The zero-order valence-corrected chi connectivity index (χ0v) is 7.33. The van der Waals surface area contributed by atoms with Crippen LogP contribution in [-0.4, -0.2) is 29.3 Å². The number of halogens is 1. The van der Waals surface area contributed by atoms with Crippen molar-refractivity contribution in [2.75, 3.05) is 0 Å². The topological polar surface area (TPSA) is 74.2 Å². The Bertz CT molecular complexity index is 199. The van der Waals surface area contributed by atoms with Crippen molar-refractivity contribution in [1.29, 1.82) is 0 Å². The van der Waals surface area contributed by atoms with E-state index in [9.17, 15) is 9.90 Å². The number of hydrogen-bond donors (Lipinski definition) is 2. The fourth-order valence-corrected chi connectivity index (χ4v) is 1.99. The molecule has 1 saturated carbocycles. The van der Waals surface area contributed by atoms with Crippen LogP contribution in [0.15, 0.2) is 0 Å². The second-order valence-corrected chi connectivity index (χ2v) is 3.41. The third kappa shape index (κ3) is 1.30. The van der Waals surface area contributed by atoms with E-state index in [2.05, 4.69) is 5.73 Å². The van der Waals surface area contributed by atoms with Crippen molar-refractivity contribution in [1.82, 2.24) is 0 Å². The van der Waals surface area contributed by atoms with Gasteiger partial charge in [-0.25, -0.2) is 0 Å². The van der Waals surface area contributed by atoms with Gasteiger partial charge in [0, 0.05) is 12.3 Å². The van der Waals surface area contributed by atoms with Crippen molar-refractivity contribution in [2.45, 2.75) is 31.1 Å². The number of aliphatic hydroxyl groups excluding tert-OH is 1. The number of rotatable bonds is 0. The summed E-state index contributed by atoms with van der Waals surface area (Å²) in [6.07, 6.45) is 0.488. The molecular formula is C7H12ClNO3. The van der Waals surface area contributed by atoms with Crippen LogP contribution < -0.4 is 18.1 Å². The SMILES string of the molecule is [Cl-].[NH3+][C@@H]1C[C@H]2CC(=O)O[C@H]2[C@@H]1O. The highest BCUT2D eigenvalue weighted by atomic mass is 35.5. The molecule has 1 heterocycles. The molecule has 0 amide bonds.